The van der Waals surface area contributed by atoms with Gasteiger partial charge in [0.2, 0.25) is 0 Å². The van der Waals surface area contributed by atoms with Crippen LogP contribution in [0.2, 0.25) is 0 Å². The Morgan fingerprint density at radius 3 is 2.40 bits per heavy atom. The number of ether oxygens (including phenoxy) is 1. The normalized spacial score (nSPS) is 39.2. The maximum atomic E-state index is 11.8. The van der Waals surface area contributed by atoms with Gasteiger partial charge >= 0.3 is 5.97 Å². The van der Waals surface area contributed by atoms with Crippen molar-refractivity contribution in [3.63, 3.8) is 0 Å². The summed E-state index contributed by atoms with van der Waals surface area (Å²) in [6.45, 7) is 4.26. The molecule has 0 aromatic rings. The second-order valence-corrected chi connectivity index (χ2v) is 5.16. The summed E-state index contributed by atoms with van der Waals surface area (Å²) in [4.78, 5) is 23.0. The van der Waals surface area contributed by atoms with Crippen LogP contribution >= 0.6 is 0 Å². The minimum absolute atomic E-state index is 0.0770. The lowest BCUT2D eigenvalue weighted by molar-refractivity contribution is -0.154. The molecular formula is C12H18O3. The molecule has 3 heteroatoms. The van der Waals surface area contributed by atoms with Crippen molar-refractivity contribution in [2.24, 2.45) is 17.3 Å². The monoisotopic (exact) mass is 210 g/mol. The van der Waals surface area contributed by atoms with E-state index in [1.54, 1.807) is 0 Å². The van der Waals surface area contributed by atoms with Gasteiger partial charge in [0.15, 0.2) is 0 Å². The lowest BCUT2D eigenvalue weighted by atomic mass is 9.86. The van der Waals surface area contributed by atoms with Crippen molar-refractivity contribution in [3.05, 3.63) is 0 Å². The summed E-state index contributed by atoms with van der Waals surface area (Å²) < 4.78 is 5.10. The Morgan fingerprint density at radius 2 is 1.93 bits per heavy atom. The van der Waals surface area contributed by atoms with Crippen molar-refractivity contribution >= 4 is 11.8 Å². The summed E-state index contributed by atoms with van der Waals surface area (Å²) in [5.74, 6) is 1.17. The van der Waals surface area contributed by atoms with E-state index in [1.807, 2.05) is 13.8 Å². The highest BCUT2D eigenvalue weighted by Gasteiger charge is 2.51. The smallest absolute Gasteiger partial charge is 0.311 e. The Labute approximate surface area is 90.2 Å². The van der Waals surface area contributed by atoms with Gasteiger partial charge in [-0.2, -0.15) is 0 Å². The Hall–Kier alpha value is -0.860. The number of carbonyl (C=O) groups is 2. The summed E-state index contributed by atoms with van der Waals surface area (Å²) in [5.41, 5.74) is -0.327. The van der Waals surface area contributed by atoms with E-state index in [9.17, 15) is 9.59 Å². The molecule has 3 atom stereocenters. The lowest BCUT2D eigenvalue weighted by Crippen LogP contribution is -2.28. The van der Waals surface area contributed by atoms with Gasteiger partial charge in [-0.25, -0.2) is 0 Å². The van der Waals surface area contributed by atoms with Gasteiger partial charge in [0.25, 0.3) is 0 Å². The Morgan fingerprint density at radius 1 is 1.40 bits per heavy atom. The van der Waals surface area contributed by atoms with E-state index < -0.39 is 0 Å². The molecule has 0 amide bonds. The molecule has 0 aromatic carbocycles. The lowest BCUT2D eigenvalue weighted by Gasteiger charge is -2.22. The van der Waals surface area contributed by atoms with Crippen molar-refractivity contribution in [2.45, 2.75) is 39.5 Å². The van der Waals surface area contributed by atoms with Crippen molar-refractivity contribution in [1.29, 1.82) is 0 Å². The molecule has 2 saturated carbocycles. The first-order valence-corrected chi connectivity index (χ1v) is 5.74. The zero-order valence-electron chi connectivity index (χ0n) is 9.41. The van der Waals surface area contributed by atoms with Crippen molar-refractivity contribution in [2.75, 3.05) is 6.61 Å². The molecule has 0 bridgehead atoms. The number of Topliss-reactive ketones (excluding diaryl/α,β-unsaturated/α-hetero) is 1. The molecule has 2 aliphatic rings. The molecule has 0 N–H and O–H groups in total. The first-order valence-electron chi connectivity index (χ1n) is 5.74. The van der Waals surface area contributed by atoms with Crippen LogP contribution in [0.1, 0.15) is 39.5 Å². The molecule has 84 valence electrons. The van der Waals surface area contributed by atoms with E-state index in [0.717, 1.165) is 12.8 Å². The summed E-state index contributed by atoms with van der Waals surface area (Å²) in [6.07, 6.45) is 3.03. The van der Waals surface area contributed by atoms with Crippen LogP contribution in [0.5, 0.6) is 0 Å². The van der Waals surface area contributed by atoms with Gasteiger partial charge in [0.05, 0.1) is 12.0 Å². The fourth-order valence-corrected chi connectivity index (χ4v) is 3.19. The largest absolute Gasteiger partial charge is 0.466 e. The Balaban J connectivity index is 2.03. The summed E-state index contributed by atoms with van der Waals surface area (Å²) in [7, 11) is 0. The van der Waals surface area contributed by atoms with Gasteiger partial charge in [-0.1, -0.05) is 0 Å². The van der Waals surface area contributed by atoms with E-state index in [2.05, 4.69) is 0 Å². The fourth-order valence-electron chi connectivity index (χ4n) is 3.19. The Kier molecular flexibility index (Phi) is 2.57. The van der Waals surface area contributed by atoms with Crippen LogP contribution in [-0.4, -0.2) is 18.4 Å². The summed E-state index contributed by atoms with van der Waals surface area (Å²) >= 11 is 0. The van der Waals surface area contributed by atoms with E-state index >= 15 is 0 Å². The predicted molar refractivity (Wildman–Crippen MR) is 55.2 cm³/mol. The molecule has 2 unspecified atom stereocenters. The molecule has 2 rings (SSSR count). The number of esters is 1. The van der Waals surface area contributed by atoms with E-state index in [4.69, 9.17) is 4.74 Å². The second kappa shape index (κ2) is 3.62. The molecule has 0 aliphatic heterocycles. The molecule has 0 aromatic heterocycles. The molecule has 2 fully saturated rings. The van der Waals surface area contributed by atoms with Crippen molar-refractivity contribution in [3.8, 4) is 0 Å². The molecule has 0 spiro atoms. The third kappa shape index (κ3) is 1.80. The van der Waals surface area contributed by atoms with E-state index in [1.165, 1.54) is 0 Å². The van der Waals surface area contributed by atoms with Crippen molar-refractivity contribution < 1.29 is 14.3 Å². The second-order valence-electron chi connectivity index (χ2n) is 5.16. The van der Waals surface area contributed by atoms with Crippen LogP contribution < -0.4 is 0 Å². The molecule has 0 heterocycles. The average Bonchev–Trinajstić information content (AvgIpc) is 2.59. The minimum atomic E-state index is -0.327. The van der Waals surface area contributed by atoms with Gasteiger partial charge < -0.3 is 4.74 Å². The molecular weight excluding hydrogens is 192 g/mol. The van der Waals surface area contributed by atoms with Gasteiger partial charge in [-0.15, -0.1) is 0 Å². The molecule has 0 radical (unpaired) electrons. The van der Waals surface area contributed by atoms with Gasteiger partial charge in [0.1, 0.15) is 5.78 Å². The number of hydrogen-bond acceptors (Lipinski definition) is 3. The number of ketones is 1. The van der Waals surface area contributed by atoms with Gasteiger partial charge in [-0.05, 0) is 38.5 Å². The molecule has 2 aliphatic carbocycles. The maximum absolute atomic E-state index is 11.8. The highest BCUT2D eigenvalue weighted by atomic mass is 16.5. The number of fused-ring (bicyclic) bond motifs is 1. The maximum Gasteiger partial charge on any atom is 0.311 e. The van der Waals surface area contributed by atoms with Crippen LogP contribution in [0.15, 0.2) is 0 Å². The standard InChI is InChI=1S/C12H18O3/c1-3-15-11(14)12(2)6-8-4-10(13)5-9(8)7-12/h8-9H,3-7H2,1-2H3/t8-,9?,12?/m0/s1. The minimum Gasteiger partial charge on any atom is -0.466 e. The zero-order chi connectivity index (χ0) is 11.1. The third-order valence-electron chi connectivity index (χ3n) is 3.84. The SMILES string of the molecule is CCOC(=O)C1(C)CC2CC(=O)C[C@H]2C1. The van der Waals surface area contributed by atoms with Crippen LogP contribution in [0.3, 0.4) is 0 Å². The average molecular weight is 210 g/mol. The zero-order valence-corrected chi connectivity index (χ0v) is 9.41. The number of rotatable bonds is 2. The molecule has 3 nitrogen and oxygen atoms in total. The number of carbonyl (C=O) groups excluding carboxylic acids is 2. The van der Waals surface area contributed by atoms with Gasteiger partial charge in [-0.3, -0.25) is 9.59 Å². The highest BCUT2D eigenvalue weighted by molar-refractivity contribution is 5.83. The van der Waals surface area contributed by atoms with E-state index in [-0.39, 0.29) is 11.4 Å². The van der Waals surface area contributed by atoms with Crippen LogP contribution in [0.4, 0.5) is 0 Å². The van der Waals surface area contributed by atoms with Gasteiger partial charge in [0, 0.05) is 12.8 Å². The Bertz CT molecular complexity index is 279. The van der Waals surface area contributed by atoms with Crippen LogP contribution in [0, 0.1) is 17.3 Å². The topological polar surface area (TPSA) is 43.4 Å². The fraction of sp³-hybridized carbons (Fsp3) is 0.833. The van der Waals surface area contributed by atoms with E-state index in [0.29, 0.717) is 37.1 Å². The first-order chi connectivity index (χ1) is 7.05. The van der Waals surface area contributed by atoms with Crippen LogP contribution in [-0.2, 0) is 14.3 Å². The van der Waals surface area contributed by atoms with Crippen LogP contribution in [0.25, 0.3) is 0 Å². The highest BCUT2D eigenvalue weighted by Crippen LogP contribution is 2.52. The first kappa shape index (κ1) is 10.7. The number of hydrogen-bond donors (Lipinski definition) is 0. The summed E-state index contributed by atoms with van der Waals surface area (Å²) in [5, 5.41) is 0. The molecule has 15 heavy (non-hydrogen) atoms. The summed E-state index contributed by atoms with van der Waals surface area (Å²) in [6, 6.07) is 0. The third-order valence-corrected chi connectivity index (χ3v) is 3.84. The predicted octanol–water partition coefficient (Wildman–Crippen LogP) is 1.94. The van der Waals surface area contributed by atoms with Crippen molar-refractivity contribution in [1.82, 2.24) is 0 Å². The molecule has 0 saturated heterocycles. The quantitative estimate of drug-likeness (QED) is 0.654.